The van der Waals surface area contributed by atoms with Crippen LogP contribution in [-0.2, 0) is 0 Å². The third-order valence-electron chi connectivity index (χ3n) is 4.78. The van der Waals surface area contributed by atoms with Crippen molar-refractivity contribution in [2.24, 2.45) is 0 Å². The number of pyridine rings is 1. The minimum atomic E-state index is -0.468. The molecule has 1 heterocycles. The van der Waals surface area contributed by atoms with Crippen molar-refractivity contribution < 1.29 is 9.50 Å². The van der Waals surface area contributed by atoms with E-state index in [2.05, 4.69) is 18.5 Å². The van der Waals surface area contributed by atoms with E-state index < -0.39 is 11.2 Å². The van der Waals surface area contributed by atoms with Crippen LogP contribution in [0.1, 0.15) is 44.6 Å². The number of aromatic nitrogens is 1. The number of benzene rings is 1. The fourth-order valence-electron chi connectivity index (χ4n) is 3.44. The van der Waals surface area contributed by atoms with Gasteiger partial charge in [-0.15, -0.1) is 0 Å². The lowest BCUT2D eigenvalue weighted by molar-refractivity contribution is 0.460. The molecule has 5 heteroatoms. The van der Waals surface area contributed by atoms with E-state index in [1.165, 1.54) is 18.7 Å². The smallest absolute Gasteiger partial charge is 0.200 e. The van der Waals surface area contributed by atoms with Gasteiger partial charge in [-0.25, -0.2) is 4.39 Å². The molecular weight excluding hydrogens is 319 g/mol. The van der Waals surface area contributed by atoms with Gasteiger partial charge in [-0.1, -0.05) is 32.4 Å². The van der Waals surface area contributed by atoms with Gasteiger partial charge >= 0.3 is 0 Å². The molecule has 3 rings (SSSR count). The molecule has 0 radical (unpaired) electrons. The van der Waals surface area contributed by atoms with Crippen molar-refractivity contribution in [3.05, 3.63) is 53.1 Å². The number of rotatable bonds is 4. The average molecular weight is 342 g/mol. The van der Waals surface area contributed by atoms with E-state index >= 15 is 0 Å². The van der Waals surface area contributed by atoms with Gasteiger partial charge < -0.3 is 15.0 Å². The maximum absolute atomic E-state index is 14.6. The number of hydrogen-bond donors (Lipinski definition) is 2. The number of nitrogens with zero attached hydrogens (tertiary/aromatic N) is 1. The van der Waals surface area contributed by atoms with Crippen molar-refractivity contribution in [2.45, 2.75) is 45.1 Å². The highest BCUT2D eigenvalue weighted by molar-refractivity contribution is 5.87. The highest BCUT2D eigenvalue weighted by Gasteiger charge is 2.18. The number of nitrogens with one attached hydrogen (secondary N) is 1. The molecule has 1 saturated carbocycles. The summed E-state index contributed by atoms with van der Waals surface area (Å²) in [4.78, 5) is 12.5. The van der Waals surface area contributed by atoms with Crippen molar-refractivity contribution in [3.63, 3.8) is 0 Å². The van der Waals surface area contributed by atoms with Gasteiger partial charge in [0.1, 0.15) is 11.6 Å². The zero-order chi connectivity index (χ0) is 18.1. The van der Waals surface area contributed by atoms with Crippen LogP contribution in [0.5, 0.6) is 0 Å². The first kappa shape index (κ1) is 17.3. The Morgan fingerprint density at radius 3 is 2.56 bits per heavy atom. The van der Waals surface area contributed by atoms with Crippen LogP contribution in [0, 0.1) is 5.82 Å². The second kappa shape index (κ2) is 6.75. The summed E-state index contributed by atoms with van der Waals surface area (Å²) in [7, 11) is 0. The molecule has 4 nitrogen and oxygen atoms in total. The predicted octanol–water partition coefficient (Wildman–Crippen LogP) is 4.90. The highest BCUT2D eigenvalue weighted by atomic mass is 19.1. The van der Waals surface area contributed by atoms with Crippen molar-refractivity contribution in [1.29, 1.82) is 0 Å². The highest BCUT2D eigenvalue weighted by Crippen LogP contribution is 2.27. The van der Waals surface area contributed by atoms with E-state index in [4.69, 9.17) is 0 Å². The molecule has 1 aromatic heterocycles. The number of anilines is 1. The molecule has 2 aromatic rings. The first-order valence-corrected chi connectivity index (χ1v) is 8.58. The standard InChI is InChI=1S/C20H23FN2O2/c1-12(2)23-11-16(13(3)24)20(25)15-9-17(21)18(10-19(15)23)22-14-7-5-4-6-8-14/h9-11,14,22,24H,1,3-8H2,2H3. The number of aliphatic hydroxyl groups excluding tert-OH is 1. The Bertz CT molecular complexity index is 908. The van der Waals surface area contributed by atoms with Gasteiger partial charge in [-0.05, 0) is 31.9 Å². The Hall–Kier alpha value is -2.56. The summed E-state index contributed by atoms with van der Waals surface area (Å²) < 4.78 is 16.3. The normalized spacial score (nSPS) is 15.3. The Morgan fingerprint density at radius 2 is 1.96 bits per heavy atom. The van der Waals surface area contributed by atoms with E-state index in [0.29, 0.717) is 16.9 Å². The Balaban J connectivity index is 2.16. The lowest BCUT2D eigenvalue weighted by atomic mass is 9.95. The molecule has 0 saturated heterocycles. The fourth-order valence-corrected chi connectivity index (χ4v) is 3.44. The van der Waals surface area contributed by atoms with Crippen molar-refractivity contribution in [1.82, 2.24) is 4.57 Å². The number of aliphatic hydroxyl groups is 1. The summed E-state index contributed by atoms with van der Waals surface area (Å²) >= 11 is 0. The van der Waals surface area contributed by atoms with Gasteiger partial charge in [0, 0.05) is 23.3 Å². The summed E-state index contributed by atoms with van der Waals surface area (Å²) in [5.74, 6) is -0.809. The lowest BCUT2D eigenvalue weighted by Gasteiger charge is -2.24. The molecule has 132 valence electrons. The molecular formula is C20H23FN2O2. The Kier molecular flexibility index (Phi) is 4.66. The lowest BCUT2D eigenvalue weighted by Crippen LogP contribution is -2.23. The van der Waals surface area contributed by atoms with Gasteiger partial charge in [0.2, 0.25) is 0 Å². The molecule has 0 unspecified atom stereocenters. The maximum Gasteiger partial charge on any atom is 0.200 e. The molecule has 1 aromatic carbocycles. The SMILES string of the molecule is C=C(O)c1cn(C(=C)C)c2cc(NC3CCCCC3)c(F)cc2c1=O. The maximum atomic E-state index is 14.6. The van der Waals surface area contributed by atoms with E-state index in [-0.39, 0.29) is 22.8 Å². The number of hydrogen-bond acceptors (Lipinski definition) is 3. The van der Waals surface area contributed by atoms with E-state index in [0.717, 1.165) is 25.7 Å². The molecule has 1 aliphatic rings. The fraction of sp³-hybridized carbons (Fsp3) is 0.350. The molecule has 1 fully saturated rings. The predicted molar refractivity (Wildman–Crippen MR) is 101 cm³/mol. The van der Waals surface area contributed by atoms with Gasteiger partial charge in [-0.2, -0.15) is 0 Å². The minimum absolute atomic E-state index is 0.0443. The molecule has 1 aliphatic carbocycles. The third-order valence-corrected chi connectivity index (χ3v) is 4.78. The summed E-state index contributed by atoms with van der Waals surface area (Å²) in [5.41, 5.74) is 1.21. The zero-order valence-corrected chi connectivity index (χ0v) is 14.4. The second-order valence-corrected chi connectivity index (χ2v) is 6.75. The third kappa shape index (κ3) is 3.31. The first-order valence-electron chi connectivity index (χ1n) is 8.58. The van der Waals surface area contributed by atoms with E-state index in [9.17, 15) is 14.3 Å². The van der Waals surface area contributed by atoms with Crippen molar-refractivity contribution >= 4 is 28.0 Å². The number of allylic oxidation sites excluding steroid dienone is 1. The van der Waals surface area contributed by atoms with E-state index in [1.54, 1.807) is 17.6 Å². The van der Waals surface area contributed by atoms with Gasteiger partial charge in [0.05, 0.1) is 16.8 Å². The minimum Gasteiger partial charge on any atom is -0.508 e. The molecule has 0 amide bonds. The first-order chi connectivity index (χ1) is 11.9. The van der Waals surface area contributed by atoms with Crippen LogP contribution in [0.3, 0.4) is 0 Å². The van der Waals surface area contributed by atoms with Gasteiger partial charge in [0.25, 0.3) is 0 Å². The molecule has 2 N–H and O–H groups in total. The Labute approximate surface area is 146 Å². The second-order valence-electron chi connectivity index (χ2n) is 6.75. The van der Waals surface area contributed by atoms with Crippen LogP contribution in [0.15, 0.2) is 36.3 Å². The van der Waals surface area contributed by atoms with Crippen LogP contribution in [0.4, 0.5) is 10.1 Å². The van der Waals surface area contributed by atoms with Gasteiger partial charge in [-0.3, -0.25) is 4.79 Å². The molecule has 0 spiro atoms. The van der Waals surface area contributed by atoms with Crippen LogP contribution in [-0.4, -0.2) is 15.7 Å². The van der Waals surface area contributed by atoms with Crippen LogP contribution >= 0.6 is 0 Å². The van der Waals surface area contributed by atoms with Crippen LogP contribution in [0.2, 0.25) is 0 Å². The monoisotopic (exact) mass is 342 g/mol. The quantitative estimate of drug-likeness (QED) is 0.777. The molecule has 0 atom stereocenters. The summed E-state index contributed by atoms with van der Waals surface area (Å²) in [6.07, 6.45) is 7.05. The zero-order valence-electron chi connectivity index (χ0n) is 14.4. The average Bonchev–Trinajstić information content (AvgIpc) is 2.57. The summed E-state index contributed by atoms with van der Waals surface area (Å²) in [6.45, 7) is 9.11. The summed E-state index contributed by atoms with van der Waals surface area (Å²) in [6, 6.07) is 3.13. The van der Waals surface area contributed by atoms with Gasteiger partial charge in [0.15, 0.2) is 5.43 Å². The molecule has 25 heavy (non-hydrogen) atoms. The van der Waals surface area contributed by atoms with Crippen LogP contribution < -0.4 is 10.7 Å². The molecule has 0 aliphatic heterocycles. The largest absolute Gasteiger partial charge is 0.508 e. The number of fused-ring (bicyclic) bond motifs is 1. The number of halogens is 1. The summed E-state index contributed by atoms with van der Waals surface area (Å²) in [5, 5.41) is 13.1. The topological polar surface area (TPSA) is 54.3 Å². The van der Waals surface area contributed by atoms with Crippen LogP contribution in [0.25, 0.3) is 22.4 Å². The van der Waals surface area contributed by atoms with E-state index in [1.807, 2.05) is 0 Å². The molecule has 0 bridgehead atoms. The Morgan fingerprint density at radius 1 is 1.28 bits per heavy atom. The van der Waals surface area contributed by atoms with Crippen molar-refractivity contribution in [3.8, 4) is 0 Å². The van der Waals surface area contributed by atoms with Crippen molar-refractivity contribution in [2.75, 3.05) is 5.32 Å².